The van der Waals surface area contributed by atoms with Crippen LogP contribution in [0.2, 0.25) is 0 Å². The zero-order chi connectivity index (χ0) is 13.8. The van der Waals surface area contributed by atoms with Gasteiger partial charge < -0.3 is 9.73 Å². The molecule has 4 rings (SSSR count). The van der Waals surface area contributed by atoms with Crippen LogP contribution in [0.1, 0.15) is 11.3 Å². The standard InChI is InChI=1S/C11H11NO.C6H6S/c1-2-4-10-8(3-1)9-5-6-12-7-11(9)13-10;7-6-4-2-1-3-5-6/h1-4,12H,5-7H2;1-5,7H. The van der Waals surface area contributed by atoms with Gasteiger partial charge in [-0.15, -0.1) is 12.6 Å². The smallest absolute Gasteiger partial charge is 0.134 e. The number of thiol groups is 1. The van der Waals surface area contributed by atoms with Crippen LogP contribution in [0.5, 0.6) is 0 Å². The van der Waals surface area contributed by atoms with E-state index in [0.717, 1.165) is 35.7 Å². The summed E-state index contributed by atoms with van der Waals surface area (Å²) in [5.74, 6) is 1.12. The van der Waals surface area contributed by atoms with E-state index < -0.39 is 0 Å². The minimum absolute atomic E-state index is 0.879. The molecule has 1 aliphatic rings. The van der Waals surface area contributed by atoms with Crippen LogP contribution in [-0.2, 0) is 13.0 Å². The summed E-state index contributed by atoms with van der Waals surface area (Å²) in [5.41, 5.74) is 2.42. The topological polar surface area (TPSA) is 25.2 Å². The highest BCUT2D eigenvalue weighted by Gasteiger charge is 2.16. The van der Waals surface area contributed by atoms with E-state index in [9.17, 15) is 0 Å². The lowest BCUT2D eigenvalue weighted by Crippen LogP contribution is -2.22. The largest absolute Gasteiger partial charge is 0.459 e. The second kappa shape index (κ2) is 6.16. The Morgan fingerprint density at radius 2 is 1.70 bits per heavy atom. The molecule has 1 aromatic heterocycles. The number of hydrogen-bond acceptors (Lipinski definition) is 3. The molecule has 0 fully saturated rings. The second-order valence-corrected chi connectivity index (χ2v) is 5.28. The van der Waals surface area contributed by atoms with Gasteiger partial charge in [-0.2, -0.15) is 0 Å². The van der Waals surface area contributed by atoms with E-state index in [-0.39, 0.29) is 0 Å². The Kier molecular flexibility index (Phi) is 4.09. The molecule has 102 valence electrons. The van der Waals surface area contributed by atoms with Gasteiger partial charge in [-0.3, -0.25) is 0 Å². The molecular formula is C17H17NOS. The lowest BCUT2D eigenvalue weighted by atomic mass is 10.1. The van der Waals surface area contributed by atoms with Crippen molar-refractivity contribution in [1.29, 1.82) is 0 Å². The summed E-state index contributed by atoms with van der Waals surface area (Å²) in [6.07, 6.45) is 1.09. The normalized spacial score (nSPS) is 13.4. The summed E-state index contributed by atoms with van der Waals surface area (Å²) >= 11 is 4.08. The van der Waals surface area contributed by atoms with E-state index in [0.29, 0.717) is 0 Å². The van der Waals surface area contributed by atoms with Crippen LogP contribution >= 0.6 is 12.6 Å². The summed E-state index contributed by atoms with van der Waals surface area (Å²) in [6.45, 7) is 1.94. The SMILES string of the molecule is Sc1ccccc1.c1ccc2c3c(oc2c1)CNCC3. The number of fused-ring (bicyclic) bond motifs is 3. The fourth-order valence-corrected chi connectivity index (χ4v) is 2.58. The Balaban J connectivity index is 0.000000147. The predicted octanol–water partition coefficient (Wildman–Crippen LogP) is 4.05. The molecule has 20 heavy (non-hydrogen) atoms. The van der Waals surface area contributed by atoms with Gasteiger partial charge in [0.2, 0.25) is 0 Å². The van der Waals surface area contributed by atoms with Gasteiger partial charge in [-0.1, -0.05) is 36.4 Å². The van der Waals surface area contributed by atoms with E-state index in [1.165, 1.54) is 10.9 Å². The lowest BCUT2D eigenvalue weighted by molar-refractivity contribution is 0.488. The van der Waals surface area contributed by atoms with Gasteiger partial charge in [0.25, 0.3) is 0 Å². The molecule has 0 saturated carbocycles. The molecular weight excluding hydrogens is 266 g/mol. The number of furan rings is 1. The molecule has 0 amide bonds. The lowest BCUT2D eigenvalue weighted by Gasteiger charge is -2.10. The van der Waals surface area contributed by atoms with Crippen LogP contribution in [-0.4, -0.2) is 6.54 Å². The number of nitrogens with one attached hydrogen (secondary N) is 1. The highest BCUT2D eigenvalue weighted by atomic mass is 32.1. The van der Waals surface area contributed by atoms with Crippen molar-refractivity contribution in [2.45, 2.75) is 17.9 Å². The third-order valence-electron chi connectivity index (χ3n) is 3.38. The molecule has 1 N–H and O–H groups in total. The van der Waals surface area contributed by atoms with Gasteiger partial charge in [0.15, 0.2) is 0 Å². The van der Waals surface area contributed by atoms with E-state index in [1.807, 2.05) is 42.5 Å². The zero-order valence-corrected chi connectivity index (χ0v) is 12.1. The fourth-order valence-electron chi connectivity index (χ4n) is 2.41. The molecule has 1 aliphatic heterocycles. The first-order valence-electron chi connectivity index (χ1n) is 6.78. The van der Waals surface area contributed by atoms with Crippen LogP contribution < -0.4 is 5.32 Å². The average Bonchev–Trinajstić information content (AvgIpc) is 2.87. The molecule has 0 saturated heterocycles. The highest BCUT2D eigenvalue weighted by molar-refractivity contribution is 7.80. The van der Waals surface area contributed by atoms with E-state index in [1.54, 1.807) is 0 Å². The van der Waals surface area contributed by atoms with Crippen molar-refractivity contribution in [3.05, 3.63) is 65.9 Å². The van der Waals surface area contributed by atoms with Crippen LogP contribution in [0.15, 0.2) is 63.9 Å². The first kappa shape index (κ1) is 13.3. The molecule has 3 heteroatoms. The van der Waals surface area contributed by atoms with Gasteiger partial charge in [0.05, 0.1) is 6.54 Å². The summed E-state index contributed by atoms with van der Waals surface area (Å²) in [7, 11) is 0. The molecule has 2 nitrogen and oxygen atoms in total. The third kappa shape index (κ3) is 2.89. The van der Waals surface area contributed by atoms with Gasteiger partial charge in [-0.25, -0.2) is 0 Å². The van der Waals surface area contributed by atoms with Crippen molar-refractivity contribution < 1.29 is 4.42 Å². The molecule has 0 atom stereocenters. The number of para-hydroxylation sites is 1. The first-order chi connectivity index (χ1) is 9.84. The average molecular weight is 283 g/mol. The molecule has 2 aromatic carbocycles. The monoisotopic (exact) mass is 283 g/mol. The Morgan fingerprint density at radius 1 is 0.950 bits per heavy atom. The van der Waals surface area contributed by atoms with Crippen molar-refractivity contribution in [2.24, 2.45) is 0 Å². The quantitative estimate of drug-likeness (QED) is 0.608. The van der Waals surface area contributed by atoms with Gasteiger partial charge >= 0.3 is 0 Å². The number of hydrogen-bond donors (Lipinski definition) is 2. The van der Waals surface area contributed by atoms with Crippen molar-refractivity contribution in [3.8, 4) is 0 Å². The summed E-state index contributed by atoms with van der Waals surface area (Å²) in [4.78, 5) is 1.02. The molecule has 0 aliphatic carbocycles. The van der Waals surface area contributed by atoms with Gasteiger partial charge in [0, 0.05) is 15.8 Å². The van der Waals surface area contributed by atoms with Crippen molar-refractivity contribution >= 4 is 23.6 Å². The highest BCUT2D eigenvalue weighted by Crippen LogP contribution is 2.27. The number of rotatable bonds is 0. The van der Waals surface area contributed by atoms with E-state index in [4.69, 9.17) is 4.42 Å². The fraction of sp³-hybridized carbons (Fsp3) is 0.176. The molecule has 2 heterocycles. The minimum atomic E-state index is 0.879. The molecule has 3 aromatic rings. The summed E-state index contributed by atoms with van der Waals surface area (Å²) in [6, 6.07) is 18.1. The predicted molar refractivity (Wildman–Crippen MR) is 85.3 cm³/mol. The van der Waals surface area contributed by atoms with Crippen LogP contribution in [0.4, 0.5) is 0 Å². The van der Waals surface area contributed by atoms with Gasteiger partial charge in [0.1, 0.15) is 11.3 Å². The van der Waals surface area contributed by atoms with Crippen molar-refractivity contribution in [3.63, 3.8) is 0 Å². The maximum Gasteiger partial charge on any atom is 0.134 e. The van der Waals surface area contributed by atoms with Crippen LogP contribution in [0, 0.1) is 0 Å². The third-order valence-corrected chi connectivity index (χ3v) is 3.67. The van der Waals surface area contributed by atoms with E-state index in [2.05, 4.69) is 30.1 Å². The number of benzene rings is 2. The Bertz CT molecular complexity index is 691. The maximum absolute atomic E-state index is 5.73. The first-order valence-corrected chi connectivity index (χ1v) is 7.23. The maximum atomic E-state index is 5.73. The van der Waals surface area contributed by atoms with Crippen molar-refractivity contribution in [1.82, 2.24) is 5.32 Å². The zero-order valence-electron chi connectivity index (χ0n) is 11.2. The Hall–Kier alpha value is -1.71. The van der Waals surface area contributed by atoms with Crippen LogP contribution in [0.3, 0.4) is 0 Å². The van der Waals surface area contributed by atoms with E-state index >= 15 is 0 Å². The second-order valence-electron chi connectivity index (χ2n) is 4.76. The summed E-state index contributed by atoms with van der Waals surface area (Å²) in [5, 5.41) is 4.60. The molecule has 0 radical (unpaired) electrons. The molecule has 0 unspecified atom stereocenters. The van der Waals surface area contributed by atoms with Crippen LogP contribution in [0.25, 0.3) is 11.0 Å². The Labute approximate surface area is 124 Å². The molecule has 0 bridgehead atoms. The molecule has 0 spiro atoms. The van der Waals surface area contributed by atoms with Gasteiger partial charge in [-0.05, 0) is 31.2 Å². The Morgan fingerprint density at radius 3 is 2.45 bits per heavy atom. The minimum Gasteiger partial charge on any atom is -0.459 e. The summed E-state index contributed by atoms with van der Waals surface area (Å²) < 4.78 is 5.73. The van der Waals surface area contributed by atoms with Crippen molar-refractivity contribution in [2.75, 3.05) is 6.54 Å².